The molecular weight excluding hydrogens is 476 g/mol. The molecule has 2 atom stereocenters. The number of methoxy groups -OCH3 is 1. The van der Waals surface area contributed by atoms with Crippen LogP contribution in [0.25, 0.3) is 0 Å². The van der Waals surface area contributed by atoms with E-state index in [0.29, 0.717) is 45.5 Å². The monoisotopic (exact) mass is 504 g/mol. The molecule has 0 saturated carbocycles. The molecule has 1 aliphatic rings. The summed E-state index contributed by atoms with van der Waals surface area (Å²) in [7, 11) is 3.05. The van der Waals surface area contributed by atoms with Gasteiger partial charge in [-0.05, 0) is 50.2 Å². The molecule has 3 aromatic rings. The Bertz CT molecular complexity index is 1270. The summed E-state index contributed by atoms with van der Waals surface area (Å²) < 4.78 is 5.28. The van der Waals surface area contributed by atoms with Crippen molar-refractivity contribution in [2.45, 2.75) is 25.9 Å². The van der Waals surface area contributed by atoms with Crippen molar-refractivity contribution < 1.29 is 9.53 Å². The topological polar surface area (TPSA) is 91.4 Å². The van der Waals surface area contributed by atoms with Crippen molar-refractivity contribution >= 4 is 34.8 Å². The molecule has 1 saturated heterocycles. The van der Waals surface area contributed by atoms with E-state index in [1.807, 2.05) is 12.1 Å². The van der Waals surface area contributed by atoms with Crippen LogP contribution in [-0.2, 0) is 0 Å². The standard InChI is InChI=1S/C27H29ClN6O2/c1-17-15-34(16-18(2)32-17)23-9-7-22(8-10-23)33-27-30-13-19(14-31-27)5-6-20-11-21(26(35)29-3)12-24(36-4)25(20)28/h7-14,17-18,32H,15-16H2,1-4H3,(H,29,35)(H,30,31,33)/t17-,18+. The highest BCUT2D eigenvalue weighted by molar-refractivity contribution is 6.33. The maximum Gasteiger partial charge on any atom is 0.251 e. The Kier molecular flexibility index (Phi) is 7.93. The smallest absolute Gasteiger partial charge is 0.251 e. The summed E-state index contributed by atoms with van der Waals surface area (Å²) in [6.07, 6.45) is 3.27. The molecule has 3 N–H and O–H groups in total. The van der Waals surface area contributed by atoms with Gasteiger partial charge < -0.3 is 25.6 Å². The fraction of sp³-hybridized carbons (Fsp3) is 0.296. The maximum absolute atomic E-state index is 12.0. The van der Waals surface area contributed by atoms with Crippen LogP contribution >= 0.6 is 11.6 Å². The molecule has 0 spiro atoms. The highest BCUT2D eigenvalue weighted by Crippen LogP contribution is 2.29. The van der Waals surface area contributed by atoms with Crippen molar-refractivity contribution in [3.05, 3.63) is 70.5 Å². The van der Waals surface area contributed by atoms with Crippen LogP contribution in [0, 0.1) is 11.8 Å². The van der Waals surface area contributed by atoms with Gasteiger partial charge in [-0.3, -0.25) is 4.79 Å². The highest BCUT2D eigenvalue weighted by Gasteiger charge is 2.21. The lowest BCUT2D eigenvalue weighted by Crippen LogP contribution is -2.54. The Balaban J connectivity index is 1.44. The van der Waals surface area contributed by atoms with Gasteiger partial charge in [-0.2, -0.15) is 0 Å². The third-order valence-corrected chi connectivity index (χ3v) is 6.18. The van der Waals surface area contributed by atoms with Crippen LogP contribution in [-0.4, -0.2) is 55.2 Å². The Morgan fingerprint density at radius 2 is 1.78 bits per heavy atom. The predicted molar refractivity (Wildman–Crippen MR) is 143 cm³/mol. The molecule has 0 radical (unpaired) electrons. The van der Waals surface area contributed by atoms with E-state index in [2.05, 4.69) is 68.6 Å². The van der Waals surface area contributed by atoms with Gasteiger partial charge in [0, 0.05) is 67.1 Å². The van der Waals surface area contributed by atoms with Crippen molar-refractivity contribution in [1.82, 2.24) is 20.6 Å². The molecule has 2 heterocycles. The summed E-state index contributed by atoms with van der Waals surface area (Å²) in [4.78, 5) is 23.2. The molecular formula is C27H29ClN6O2. The number of aromatic nitrogens is 2. The first-order valence-corrected chi connectivity index (χ1v) is 12.1. The zero-order chi connectivity index (χ0) is 25.7. The second kappa shape index (κ2) is 11.3. The van der Waals surface area contributed by atoms with Gasteiger partial charge in [0.15, 0.2) is 0 Å². The third kappa shape index (κ3) is 6.06. The van der Waals surface area contributed by atoms with Crippen molar-refractivity contribution in [3.8, 4) is 17.6 Å². The molecule has 0 unspecified atom stereocenters. The number of carbonyl (C=O) groups is 1. The van der Waals surface area contributed by atoms with E-state index in [0.717, 1.165) is 18.8 Å². The van der Waals surface area contributed by atoms with E-state index in [1.165, 1.54) is 12.8 Å². The van der Waals surface area contributed by atoms with Gasteiger partial charge in [-0.1, -0.05) is 23.4 Å². The summed E-state index contributed by atoms with van der Waals surface area (Å²) in [6, 6.07) is 12.4. The summed E-state index contributed by atoms with van der Waals surface area (Å²) in [5.74, 6) is 6.58. The molecule has 186 valence electrons. The minimum Gasteiger partial charge on any atom is -0.495 e. The van der Waals surface area contributed by atoms with Crippen LogP contribution in [0.2, 0.25) is 5.02 Å². The van der Waals surface area contributed by atoms with Gasteiger partial charge >= 0.3 is 0 Å². The predicted octanol–water partition coefficient (Wildman–Crippen LogP) is 3.83. The van der Waals surface area contributed by atoms with Crippen LogP contribution in [0.1, 0.15) is 35.3 Å². The quantitative estimate of drug-likeness (QED) is 0.455. The third-order valence-electron chi connectivity index (χ3n) is 5.79. The van der Waals surface area contributed by atoms with Crippen molar-refractivity contribution in [3.63, 3.8) is 0 Å². The van der Waals surface area contributed by atoms with E-state index in [1.54, 1.807) is 31.6 Å². The number of piperazine rings is 1. The molecule has 9 heteroatoms. The summed E-state index contributed by atoms with van der Waals surface area (Å²) >= 11 is 6.38. The molecule has 0 bridgehead atoms. The van der Waals surface area contributed by atoms with Gasteiger partial charge in [-0.25, -0.2) is 9.97 Å². The fourth-order valence-corrected chi connectivity index (χ4v) is 4.37. The fourth-order valence-electron chi connectivity index (χ4n) is 4.13. The first-order valence-electron chi connectivity index (χ1n) is 11.7. The first kappa shape index (κ1) is 25.3. The maximum atomic E-state index is 12.0. The highest BCUT2D eigenvalue weighted by atomic mass is 35.5. The van der Waals surface area contributed by atoms with Crippen molar-refractivity contribution in [2.24, 2.45) is 0 Å². The van der Waals surface area contributed by atoms with Crippen molar-refractivity contribution in [2.75, 3.05) is 37.5 Å². The molecule has 1 fully saturated rings. The van der Waals surface area contributed by atoms with Crippen molar-refractivity contribution in [1.29, 1.82) is 0 Å². The second-order valence-corrected chi connectivity index (χ2v) is 9.09. The number of halogens is 1. The average Bonchev–Trinajstić information content (AvgIpc) is 2.88. The SMILES string of the molecule is CNC(=O)c1cc(C#Cc2cnc(Nc3ccc(N4C[C@@H](C)N[C@@H](C)C4)cc3)nc2)c(Cl)c(OC)c1. The van der Waals surface area contributed by atoms with E-state index in [9.17, 15) is 4.79 Å². The van der Waals surface area contributed by atoms with Gasteiger partial charge in [0.1, 0.15) is 5.75 Å². The number of carbonyl (C=O) groups excluding carboxylic acids is 1. The number of nitrogens with one attached hydrogen (secondary N) is 3. The number of ether oxygens (including phenoxy) is 1. The lowest BCUT2D eigenvalue weighted by Gasteiger charge is -2.37. The number of nitrogens with zero attached hydrogens (tertiary/aromatic N) is 3. The number of hydrogen-bond acceptors (Lipinski definition) is 7. The van der Waals surface area contributed by atoms with E-state index in [-0.39, 0.29) is 5.91 Å². The normalized spacial score (nSPS) is 17.1. The molecule has 1 amide bonds. The van der Waals surface area contributed by atoms with Crippen LogP contribution in [0.5, 0.6) is 5.75 Å². The minimum atomic E-state index is -0.253. The zero-order valence-corrected chi connectivity index (χ0v) is 21.5. The Morgan fingerprint density at radius 3 is 2.39 bits per heavy atom. The molecule has 8 nitrogen and oxygen atoms in total. The van der Waals surface area contributed by atoms with E-state index >= 15 is 0 Å². The Labute approximate surface area is 216 Å². The summed E-state index contributed by atoms with van der Waals surface area (Å²) in [5, 5.41) is 9.70. The van der Waals surface area contributed by atoms with Crippen LogP contribution in [0.15, 0.2) is 48.8 Å². The lowest BCUT2D eigenvalue weighted by atomic mass is 10.1. The molecule has 4 rings (SSSR count). The van der Waals surface area contributed by atoms with Gasteiger partial charge in [0.05, 0.1) is 17.7 Å². The number of hydrogen-bond donors (Lipinski definition) is 3. The number of anilines is 3. The van der Waals surface area contributed by atoms with Gasteiger partial charge in [-0.15, -0.1) is 0 Å². The zero-order valence-electron chi connectivity index (χ0n) is 20.7. The van der Waals surface area contributed by atoms with Crippen LogP contribution in [0.4, 0.5) is 17.3 Å². The minimum absolute atomic E-state index is 0.253. The summed E-state index contributed by atoms with van der Waals surface area (Å²) in [6.45, 7) is 6.38. The average molecular weight is 505 g/mol. The molecule has 1 aliphatic heterocycles. The molecule has 1 aromatic heterocycles. The van der Waals surface area contributed by atoms with E-state index in [4.69, 9.17) is 16.3 Å². The number of amides is 1. The molecule has 36 heavy (non-hydrogen) atoms. The van der Waals surface area contributed by atoms with Gasteiger partial charge in [0.25, 0.3) is 5.91 Å². The molecule has 2 aromatic carbocycles. The summed E-state index contributed by atoms with van der Waals surface area (Å²) in [5.41, 5.74) is 3.59. The lowest BCUT2D eigenvalue weighted by molar-refractivity contribution is 0.0962. The molecule has 0 aliphatic carbocycles. The largest absolute Gasteiger partial charge is 0.495 e. The Hall–Kier alpha value is -3.80. The first-order chi connectivity index (χ1) is 17.4. The van der Waals surface area contributed by atoms with Crippen LogP contribution in [0.3, 0.4) is 0 Å². The van der Waals surface area contributed by atoms with Gasteiger partial charge in [0.2, 0.25) is 5.95 Å². The Morgan fingerprint density at radius 1 is 1.11 bits per heavy atom. The van der Waals surface area contributed by atoms with E-state index < -0.39 is 0 Å². The number of rotatable bonds is 5. The number of benzene rings is 2. The van der Waals surface area contributed by atoms with Crippen LogP contribution < -0.4 is 25.6 Å². The second-order valence-electron chi connectivity index (χ2n) is 8.71.